The van der Waals surface area contributed by atoms with E-state index in [2.05, 4.69) is 19.9 Å². The predicted molar refractivity (Wildman–Crippen MR) is 101 cm³/mol. The molecule has 1 atom stereocenters. The molecule has 2 aromatic rings. The molecule has 26 heavy (non-hydrogen) atoms. The van der Waals surface area contributed by atoms with E-state index < -0.39 is 11.9 Å². The summed E-state index contributed by atoms with van der Waals surface area (Å²) in [5, 5.41) is 9.26. The molecule has 0 aromatic heterocycles. The van der Waals surface area contributed by atoms with Gasteiger partial charge in [-0.25, -0.2) is 0 Å². The lowest BCUT2D eigenvalue weighted by molar-refractivity contribution is -0.138. The standard InChI is InChI=1S/C22H26O4/c1-13-14(2)19(10-9-17(13)15(3)21(23)24)25-12-16-7-6-8-20-18(16)11-22(4,5)26-20/h6-10,15H,11-12H2,1-5H3,(H,23,24). The Balaban J connectivity index is 1.81. The number of hydrogen-bond donors (Lipinski definition) is 1. The molecule has 4 heteroatoms. The second-order valence-electron chi connectivity index (χ2n) is 7.68. The fourth-order valence-electron chi connectivity index (χ4n) is 3.53. The Morgan fingerprint density at radius 2 is 1.96 bits per heavy atom. The molecule has 0 saturated heterocycles. The van der Waals surface area contributed by atoms with Crippen LogP contribution in [0.1, 0.15) is 54.5 Å². The maximum atomic E-state index is 11.3. The Labute approximate surface area is 154 Å². The van der Waals surface area contributed by atoms with Gasteiger partial charge in [0.15, 0.2) is 0 Å². The zero-order chi connectivity index (χ0) is 19.1. The highest BCUT2D eigenvalue weighted by atomic mass is 16.5. The summed E-state index contributed by atoms with van der Waals surface area (Å²) in [4.78, 5) is 11.3. The van der Waals surface area contributed by atoms with Gasteiger partial charge in [0, 0.05) is 12.0 Å². The molecule has 0 amide bonds. The number of benzene rings is 2. The molecule has 2 aromatic carbocycles. The van der Waals surface area contributed by atoms with Crippen molar-refractivity contribution in [3.63, 3.8) is 0 Å². The average Bonchev–Trinajstić information content (AvgIpc) is 2.90. The molecular weight excluding hydrogens is 328 g/mol. The van der Waals surface area contributed by atoms with Crippen LogP contribution in [0.3, 0.4) is 0 Å². The van der Waals surface area contributed by atoms with E-state index in [0.29, 0.717) is 6.61 Å². The molecule has 0 radical (unpaired) electrons. The second kappa shape index (κ2) is 6.67. The highest BCUT2D eigenvalue weighted by molar-refractivity contribution is 5.76. The number of carboxylic acid groups (broad SMARTS) is 1. The van der Waals surface area contributed by atoms with Crippen LogP contribution >= 0.6 is 0 Å². The highest BCUT2D eigenvalue weighted by Crippen LogP contribution is 2.37. The third kappa shape index (κ3) is 3.41. The summed E-state index contributed by atoms with van der Waals surface area (Å²) in [6, 6.07) is 9.81. The zero-order valence-electron chi connectivity index (χ0n) is 16.1. The predicted octanol–water partition coefficient (Wildman–Crippen LogP) is 4.78. The van der Waals surface area contributed by atoms with Crippen LogP contribution in [0.4, 0.5) is 0 Å². The van der Waals surface area contributed by atoms with E-state index in [1.165, 1.54) is 5.56 Å². The van der Waals surface area contributed by atoms with E-state index >= 15 is 0 Å². The van der Waals surface area contributed by atoms with Gasteiger partial charge in [0.25, 0.3) is 0 Å². The summed E-state index contributed by atoms with van der Waals surface area (Å²) in [6.45, 7) is 10.3. The highest BCUT2D eigenvalue weighted by Gasteiger charge is 2.31. The van der Waals surface area contributed by atoms with Crippen LogP contribution in [0.2, 0.25) is 0 Å². The zero-order valence-corrected chi connectivity index (χ0v) is 16.1. The Bertz CT molecular complexity index is 851. The van der Waals surface area contributed by atoms with Crippen molar-refractivity contribution in [1.29, 1.82) is 0 Å². The lowest BCUT2D eigenvalue weighted by Crippen LogP contribution is -2.24. The van der Waals surface area contributed by atoms with Crippen molar-refractivity contribution in [2.75, 3.05) is 0 Å². The summed E-state index contributed by atoms with van der Waals surface area (Å²) >= 11 is 0. The largest absolute Gasteiger partial charge is 0.489 e. The molecule has 4 nitrogen and oxygen atoms in total. The van der Waals surface area contributed by atoms with Gasteiger partial charge >= 0.3 is 5.97 Å². The molecule has 0 aliphatic carbocycles. The summed E-state index contributed by atoms with van der Waals surface area (Å²) in [6.07, 6.45) is 0.870. The van der Waals surface area contributed by atoms with Gasteiger partial charge in [-0.05, 0) is 69.0 Å². The van der Waals surface area contributed by atoms with Crippen LogP contribution in [0.15, 0.2) is 30.3 Å². The van der Waals surface area contributed by atoms with Crippen LogP contribution in [0.25, 0.3) is 0 Å². The first-order chi connectivity index (χ1) is 12.2. The third-order valence-electron chi connectivity index (χ3n) is 5.22. The van der Waals surface area contributed by atoms with E-state index in [-0.39, 0.29) is 5.60 Å². The maximum Gasteiger partial charge on any atom is 0.310 e. The van der Waals surface area contributed by atoms with Gasteiger partial charge < -0.3 is 14.6 Å². The third-order valence-corrected chi connectivity index (χ3v) is 5.22. The van der Waals surface area contributed by atoms with E-state index in [0.717, 1.165) is 40.2 Å². The molecular formula is C22H26O4. The number of rotatable bonds is 5. The summed E-state index contributed by atoms with van der Waals surface area (Å²) in [5.74, 6) is 0.386. The minimum Gasteiger partial charge on any atom is -0.489 e. The van der Waals surface area contributed by atoms with Gasteiger partial charge in [0.05, 0.1) is 5.92 Å². The normalized spacial score (nSPS) is 15.9. The van der Waals surface area contributed by atoms with E-state index in [9.17, 15) is 9.90 Å². The van der Waals surface area contributed by atoms with Gasteiger partial charge in [0.1, 0.15) is 23.7 Å². The lowest BCUT2D eigenvalue weighted by atomic mass is 9.93. The molecule has 1 heterocycles. The number of ether oxygens (including phenoxy) is 2. The van der Waals surface area contributed by atoms with E-state index in [4.69, 9.17) is 9.47 Å². The molecule has 1 N–H and O–H groups in total. The summed E-state index contributed by atoms with van der Waals surface area (Å²) in [7, 11) is 0. The molecule has 0 saturated carbocycles. The first-order valence-corrected chi connectivity index (χ1v) is 8.95. The topological polar surface area (TPSA) is 55.8 Å². The van der Waals surface area contributed by atoms with Crippen molar-refractivity contribution in [2.24, 2.45) is 0 Å². The van der Waals surface area contributed by atoms with Crippen LogP contribution < -0.4 is 9.47 Å². The van der Waals surface area contributed by atoms with Crippen LogP contribution in [0.5, 0.6) is 11.5 Å². The van der Waals surface area contributed by atoms with Gasteiger partial charge in [-0.15, -0.1) is 0 Å². The first-order valence-electron chi connectivity index (χ1n) is 8.95. The number of fused-ring (bicyclic) bond motifs is 1. The Morgan fingerprint density at radius 1 is 1.23 bits per heavy atom. The number of aliphatic carboxylic acids is 1. The smallest absolute Gasteiger partial charge is 0.310 e. The van der Waals surface area contributed by atoms with Crippen molar-refractivity contribution >= 4 is 5.97 Å². The monoisotopic (exact) mass is 354 g/mol. The fraction of sp³-hybridized carbons (Fsp3) is 0.409. The van der Waals surface area contributed by atoms with Gasteiger partial charge in [-0.2, -0.15) is 0 Å². The van der Waals surface area contributed by atoms with E-state index in [1.807, 2.05) is 38.1 Å². The molecule has 0 fully saturated rings. The Hall–Kier alpha value is -2.49. The minimum atomic E-state index is -0.816. The van der Waals surface area contributed by atoms with Crippen molar-refractivity contribution in [3.8, 4) is 11.5 Å². The lowest BCUT2D eigenvalue weighted by Gasteiger charge is -2.17. The number of carboxylic acids is 1. The van der Waals surface area contributed by atoms with Crippen LogP contribution in [0, 0.1) is 13.8 Å². The van der Waals surface area contributed by atoms with Crippen LogP contribution in [-0.2, 0) is 17.8 Å². The number of hydrogen-bond acceptors (Lipinski definition) is 3. The van der Waals surface area contributed by atoms with Gasteiger partial charge in [-0.3, -0.25) is 4.79 Å². The van der Waals surface area contributed by atoms with Crippen LogP contribution in [-0.4, -0.2) is 16.7 Å². The first kappa shape index (κ1) is 18.3. The Morgan fingerprint density at radius 3 is 2.65 bits per heavy atom. The van der Waals surface area contributed by atoms with E-state index in [1.54, 1.807) is 6.92 Å². The van der Waals surface area contributed by atoms with Crippen molar-refractivity contribution in [3.05, 3.63) is 58.1 Å². The van der Waals surface area contributed by atoms with Crippen molar-refractivity contribution < 1.29 is 19.4 Å². The quantitative estimate of drug-likeness (QED) is 0.839. The SMILES string of the molecule is Cc1c(OCc2cccc3c2CC(C)(C)O3)ccc(C(C)C(=O)O)c1C. The second-order valence-corrected chi connectivity index (χ2v) is 7.68. The molecule has 1 aliphatic rings. The summed E-state index contributed by atoms with van der Waals surface area (Å²) in [5.41, 5.74) is 4.95. The molecule has 1 aliphatic heterocycles. The van der Waals surface area contributed by atoms with Gasteiger partial charge in [-0.1, -0.05) is 18.2 Å². The Kier molecular flexibility index (Phi) is 4.70. The van der Waals surface area contributed by atoms with Crippen molar-refractivity contribution in [2.45, 2.75) is 59.2 Å². The maximum absolute atomic E-state index is 11.3. The average molecular weight is 354 g/mol. The molecule has 3 rings (SSSR count). The van der Waals surface area contributed by atoms with Crippen molar-refractivity contribution in [1.82, 2.24) is 0 Å². The van der Waals surface area contributed by atoms with Gasteiger partial charge in [0.2, 0.25) is 0 Å². The molecule has 0 bridgehead atoms. The summed E-state index contributed by atoms with van der Waals surface area (Å²) < 4.78 is 12.1. The fourth-order valence-corrected chi connectivity index (χ4v) is 3.53. The number of carbonyl (C=O) groups is 1. The molecule has 1 unspecified atom stereocenters. The molecule has 0 spiro atoms. The minimum absolute atomic E-state index is 0.181. The molecule has 138 valence electrons.